The largest absolute Gasteiger partial charge is 0.490 e. The fraction of sp³-hybridized carbons (Fsp3) is 0.529. The number of nitrogens with zero attached hydrogens (tertiary/aromatic N) is 1. The molecule has 0 N–H and O–H groups in total. The van der Waals surface area contributed by atoms with Crippen molar-refractivity contribution < 1.29 is 32.6 Å². The van der Waals surface area contributed by atoms with E-state index in [4.69, 9.17) is 9.47 Å². The molecule has 2 rings (SSSR count). The second-order valence-electron chi connectivity index (χ2n) is 5.66. The van der Waals surface area contributed by atoms with Crippen LogP contribution in [0.25, 0.3) is 0 Å². The summed E-state index contributed by atoms with van der Waals surface area (Å²) < 4.78 is 39.6. The van der Waals surface area contributed by atoms with E-state index in [-0.39, 0.29) is 42.3 Å². The molecule has 1 aliphatic rings. The predicted octanol–water partition coefficient (Wildman–Crippen LogP) is 2.99. The number of hydrogen-bond acceptors (Lipinski definition) is 5. The van der Waals surface area contributed by atoms with Crippen molar-refractivity contribution in [1.29, 1.82) is 0 Å². The lowest BCUT2D eigenvalue weighted by atomic mass is 9.96. The van der Waals surface area contributed by atoms with Gasteiger partial charge in [-0.25, -0.2) is 4.79 Å². The Morgan fingerprint density at radius 1 is 1.31 bits per heavy atom. The number of amides is 1. The number of benzene rings is 1. The molecule has 0 radical (unpaired) electrons. The Kier molecular flexibility index (Phi) is 8.08. The SMILES string of the molecule is CCOc1cc(C2C[C@H](C(=O)OC)N(C(C)=O)C2)ccc1OC(F)F.Cl. The summed E-state index contributed by atoms with van der Waals surface area (Å²) in [5, 5.41) is 0. The highest BCUT2D eigenvalue weighted by molar-refractivity contribution is 5.85. The fourth-order valence-corrected chi connectivity index (χ4v) is 3.03. The average molecular weight is 394 g/mol. The third-order valence-electron chi connectivity index (χ3n) is 4.13. The Labute approximate surface area is 156 Å². The Hall–Kier alpha value is -2.09. The van der Waals surface area contributed by atoms with Crippen LogP contribution in [0, 0.1) is 0 Å². The summed E-state index contributed by atoms with van der Waals surface area (Å²) in [5.41, 5.74) is 0.780. The molecule has 1 aromatic carbocycles. The highest BCUT2D eigenvalue weighted by Crippen LogP contribution is 2.37. The van der Waals surface area contributed by atoms with Crippen LogP contribution >= 0.6 is 12.4 Å². The number of esters is 1. The van der Waals surface area contributed by atoms with Crippen LogP contribution in [-0.2, 0) is 14.3 Å². The van der Waals surface area contributed by atoms with Crippen molar-refractivity contribution >= 4 is 24.3 Å². The van der Waals surface area contributed by atoms with Crippen LogP contribution in [0.5, 0.6) is 11.5 Å². The lowest BCUT2D eigenvalue weighted by Gasteiger charge is -2.20. The third kappa shape index (κ3) is 4.97. The smallest absolute Gasteiger partial charge is 0.387 e. The second kappa shape index (κ2) is 9.56. The summed E-state index contributed by atoms with van der Waals surface area (Å²) in [6, 6.07) is 4.02. The maximum absolute atomic E-state index is 12.5. The molecule has 9 heteroatoms. The minimum Gasteiger partial charge on any atom is -0.490 e. The van der Waals surface area contributed by atoms with Crippen LogP contribution in [0.1, 0.15) is 31.7 Å². The van der Waals surface area contributed by atoms with Crippen LogP contribution in [0.2, 0.25) is 0 Å². The van der Waals surface area contributed by atoms with E-state index in [2.05, 4.69) is 4.74 Å². The first-order chi connectivity index (χ1) is 11.9. The van der Waals surface area contributed by atoms with E-state index in [0.29, 0.717) is 13.0 Å². The normalized spacial score (nSPS) is 19.1. The van der Waals surface area contributed by atoms with Crippen molar-refractivity contribution in [3.8, 4) is 11.5 Å². The summed E-state index contributed by atoms with van der Waals surface area (Å²) in [7, 11) is 1.28. The molecule has 0 aromatic heterocycles. The van der Waals surface area contributed by atoms with Crippen LogP contribution in [0.4, 0.5) is 8.78 Å². The van der Waals surface area contributed by atoms with Crippen molar-refractivity contribution in [3.63, 3.8) is 0 Å². The number of likely N-dealkylation sites (tertiary alicyclic amines) is 1. The molecule has 0 spiro atoms. The number of hydrogen-bond donors (Lipinski definition) is 0. The fourth-order valence-electron chi connectivity index (χ4n) is 3.03. The predicted molar refractivity (Wildman–Crippen MR) is 92.0 cm³/mol. The Bertz CT molecular complexity index is 644. The lowest BCUT2D eigenvalue weighted by molar-refractivity contribution is -0.150. The highest BCUT2D eigenvalue weighted by Gasteiger charge is 2.39. The number of rotatable bonds is 6. The molecule has 0 bridgehead atoms. The van der Waals surface area contributed by atoms with Gasteiger partial charge in [0.2, 0.25) is 5.91 Å². The average Bonchev–Trinajstić information content (AvgIpc) is 3.01. The molecule has 146 valence electrons. The quantitative estimate of drug-likeness (QED) is 0.695. The van der Waals surface area contributed by atoms with E-state index in [1.807, 2.05) is 0 Å². The Morgan fingerprint density at radius 2 is 2.00 bits per heavy atom. The van der Waals surface area contributed by atoms with E-state index in [0.717, 1.165) is 5.56 Å². The maximum atomic E-state index is 12.5. The van der Waals surface area contributed by atoms with Gasteiger partial charge in [-0.05, 0) is 31.0 Å². The Morgan fingerprint density at radius 3 is 2.54 bits per heavy atom. The van der Waals surface area contributed by atoms with Crippen LogP contribution in [0.3, 0.4) is 0 Å². The molecule has 1 fully saturated rings. The van der Waals surface area contributed by atoms with Gasteiger partial charge < -0.3 is 19.1 Å². The molecule has 1 unspecified atom stereocenters. The van der Waals surface area contributed by atoms with Gasteiger partial charge in [-0.1, -0.05) is 6.07 Å². The van der Waals surface area contributed by atoms with Crippen molar-refractivity contribution in [2.75, 3.05) is 20.3 Å². The standard InChI is InChI=1S/C17H21F2NO5.ClH/c1-4-24-15-8-11(5-6-14(15)25-17(18)19)12-7-13(16(22)23-3)20(9-12)10(2)21;/h5-6,8,12-13,17H,4,7,9H2,1-3H3;1H/t12?,13-;/m1./s1. The van der Waals surface area contributed by atoms with Gasteiger partial charge >= 0.3 is 12.6 Å². The number of carbonyl (C=O) groups is 2. The number of carbonyl (C=O) groups excluding carboxylic acids is 2. The monoisotopic (exact) mass is 393 g/mol. The van der Waals surface area contributed by atoms with Gasteiger partial charge in [0.1, 0.15) is 6.04 Å². The van der Waals surface area contributed by atoms with Gasteiger partial charge in [0.05, 0.1) is 13.7 Å². The first kappa shape index (κ1) is 22.0. The van der Waals surface area contributed by atoms with Gasteiger partial charge in [-0.2, -0.15) is 8.78 Å². The molecule has 26 heavy (non-hydrogen) atoms. The molecular weight excluding hydrogens is 372 g/mol. The lowest BCUT2D eigenvalue weighted by Crippen LogP contribution is -2.39. The first-order valence-electron chi connectivity index (χ1n) is 7.93. The van der Waals surface area contributed by atoms with E-state index < -0.39 is 18.6 Å². The Balaban J connectivity index is 0.00000338. The first-order valence-corrected chi connectivity index (χ1v) is 7.93. The van der Waals surface area contributed by atoms with Gasteiger partial charge in [0.25, 0.3) is 0 Å². The maximum Gasteiger partial charge on any atom is 0.387 e. The van der Waals surface area contributed by atoms with Crippen molar-refractivity contribution in [1.82, 2.24) is 4.90 Å². The molecule has 1 heterocycles. The molecule has 1 aliphatic heterocycles. The number of alkyl halides is 2. The van der Waals surface area contributed by atoms with Crippen LogP contribution in [-0.4, -0.2) is 49.7 Å². The molecule has 1 amide bonds. The second-order valence-corrected chi connectivity index (χ2v) is 5.66. The zero-order valence-electron chi connectivity index (χ0n) is 14.7. The van der Waals surface area contributed by atoms with Crippen molar-refractivity contribution in [2.45, 2.75) is 38.8 Å². The highest BCUT2D eigenvalue weighted by atomic mass is 35.5. The van der Waals surface area contributed by atoms with E-state index >= 15 is 0 Å². The molecule has 1 aromatic rings. The van der Waals surface area contributed by atoms with E-state index in [1.165, 1.54) is 25.0 Å². The number of ether oxygens (including phenoxy) is 3. The van der Waals surface area contributed by atoms with Gasteiger partial charge in [0, 0.05) is 19.4 Å². The summed E-state index contributed by atoms with van der Waals surface area (Å²) in [5.74, 6) is -0.670. The molecule has 6 nitrogen and oxygen atoms in total. The summed E-state index contributed by atoms with van der Waals surface area (Å²) in [4.78, 5) is 25.2. The molecule has 0 aliphatic carbocycles. The van der Waals surface area contributed by atoms with E-state index in [9.17, 15) is 18.4 Å². The topological polar surface area (TPSA) is 65.1 Å². The molecular formula is C17H22ClF2NO5. The van der Waals surface area contributed by atoms with E-state index in [1.54, 1.807) is 19.1 Å². The zero-order valence-corrected chi connectivity index (χ0v) is 15.6. The molecule has 1 saturated heterocycles. The zero-order chi connectivity index (χ0) is 18.6. The minimum absolute atomic E-state index is 0. The number of methoxy groups -OCH3 is 1. The third-order valence-corrected chi connectivity index (χ3v) is 4.13. The molecule has 0 saturated carbocycles. The summed E-state index contributed by atoms with van der Waals surface area (Å²) in [6.07, 6.45) is 0.396. The van der Waals surface area contributed by atoms with Crippen molar-refractivity contribution in [2.24, 2.45) is 0 Å². The molecule has 2 atom stereocenters. The van der Waals surface area contributed by atoms with Crippen LogP contribution < -0.4 is 9.47 Å². The minimum atomic E-state index is -2.95. The summed E-state index contributed by atoms with van der Waals surface area (Å²) in [6.45, 7) is 0.810. The van der Waals surface area contributed by atoms with Gasteiger partial charge in [0.15, 0.2) is 11.5 Å². The van der Waals surface area contributed by atoms with Crippen molar-refractivity contribution in [3.05, 3.63) is 23.8 Å². The van der Waals surface area contributed by atoms with Gasteiger partial charge in [-0.3, -0.25) is 4.79 Å². The summed E-state index contributed by atoms with van der Waals surface area (Å²) >= 11 is 0. The van der Waals surface area contributed by atoms with Gasteiger partial charge in [-0.15, -0.1) is 12.4 Å². The van der Waals surface area contributed by atoms with Crippen LogP contribution in [0.15, 0.2) is 18.2 Å². The number of halogens is 3.